The number of amides is 1. The van der Waals surface area contributed by atoms with Crippen LogP contribution in [0.1, 0.15) is 35.0 Å². The Bertz CT molecular complexity index is 971. The highest BCUT2D eigenvalue weighted by Crippen LogP contribution is 2.32. The van der Waals surface area contributed by atoms with Crippen molar-refractivity contribution in [3.8, 4) is 17.2 Å². The summed E-state index contributed by atoms with van der Waals surface area (Å²) in [6.07, 6.45) is 1.70. The number of carbonyl (C=O) groups excluding carboxylic acids is 1. The van der Waals surface area contributed by atoms with E-state index in [9.17, 15) is 9.18 Å². The van der Waals surface area contributed by atoms with Crippen LogP contribution < -0.4 is 4.74 Å². The molecule has 0 spiro atoms. The minimum Gasteiger partial charge on any atom is -0.496 e. The average Bonchev–Trinajstić information content (AvgIpc) is 3.24. The summed E-state index contributed by atoms with van der Waals surface area (Å²) in [5.74, 6) is 1.06. The van der Waals surface area contributed by atoms with Crippen LogP contribution in [0.5, 0.6) is 5.75 Å². The van der Waals surface area contributed by atoms with E-state index < -0.39 is 0 Å². The van der Waals surface area contributed by atoms with Crippen molar-refractivity contribution in [2.45, 2.75) is 18.8 Å². The molecule has 0 saturated carbocycles. The molecule has 0 bridgehead atoms. The Morgan fingerprint density at radius 3 is 2.75 bits per heavy atom. The van der Waals surface area contributed by atoms with Crippen LogP contribution in [-0.4, -0.2) is 41.2 Å². The van der Waals surface area contributed by atoms with Gasteiger partial charge in [-0.05, 0) is 49.2 Å². The third-order valence-corrected chi connectivity index (χ3v) is 4.93. The maximum Gasteiger partial charge on any atom is 0.253 e. The van der Waals surface area contributed by atoms with Gasteiger partial charge in [-0.2, -0.15) is 0 Å². The number of carbonyl (C=O) groups is 1. The van der Waals surface area contributed by atoms with Gasteiger partial charge in [-0.1, -0.05) is 12.1 Å². The molecule has 0 radical (unpaired) electrons. The molecule has 1 aliphatic heterocycles. The Labute approximate surface area is 161 Å². The van der Waals surface area contributed by atoms with Gasteiger partial charge in [0.1, 0.15) is 11.6 Å². The summed E-state index contributed by atoms with van der Waals surface area (Å²) >= 11 is 0. The first-order chi connectivity index (χ1) is 13.7. The number of aromatic nitrogens is 2. The smallest absolute Gasteiger partial charge is 0.253 e. The van der Waals surface area contributed by atoms with Crippen molar-refractivity contribution in [2.75, 3.05) is 20.2 Å². The molecule has 6 nitrogen and oxygen atoms in total. The minimum absolute atomic E-state index is 0.0332. The van der Waals surface area contributed by atoms with Crippen LogP contribution in [0.25, 0.3) is 11.5 Å². The molecule has 1 aromatic heterocycles. The molecule has 4 rings (SSSR count). The Morgan fingerprint density at radius 1 is 1.18 bits per heavy atom. The van der Waals surface area contributed by atoms with Crippen molar-refractivity contribution in [3.63, 3.8) is 0 Å². The lowest BCUT2D eigenvalue weighted by molar-refractivity contribution is 0.0698. The number of likely N-dealkylation sites (tertiary alicyclic amines) is 1. The standard InChI is InChI=1S/C21H20FN3O3/c1-27-18-7-3-2-6-17(18)20-24-23-19(28-20)15-5-4-12-25(13-15)21(26)14-8-10-16(22)11-9-14/h2-3,6-11,15H,4-5,12-13H2,1H3. The lowest BCUT2D eigenvalue weighted by Crippen LogP contribution is -2.39. The summed E-state index contributed by atoms with van der Waals surface area (Å²) in [6.45, 7) is 1.14. The van der Waals surface area contributed by atoms with Crippen molar-refractivity contribution < 1.29 is 18.3 Å². The molecule has 1 fully saturated rings. The summed E-state index contributed by atoms with van der Waals surface area (Å²) < 4.78 is 24.4. The van der Waals surface area contributed by atoms with E-state index in [1.54, 1.807) is 12.0 Å². The largest absolute Gasteiger partial charge is 0.496 e. The molecular weight excluding hydrogens is 361 g/mol. The molecule has 7 heteroatoms. The van der Waals surface area contributed by atoms with Gasteiger partial charge >= 0.3 is 0 Å². The zero-order chi connectivity index (χ0) is 19.5. The fourth-order valence-electron chi connectivity index (χ4n) is 3.47. The molecule has 0 aliphatic carbocycles. The van der Waals surface area contributed by atoms with E-state index in [4.69, 9.17) is 9.15 Å². The summed E-state index contributed by atoms with van der Waals surface area (Å²) in [5.41, 5.74) is 1.21. The highest BCUT2D eigenvalue weighted by atomic mass is 19.1. The molecule has 2 aromatic carbocycles. The number of piperidine rings is 1. The lowest BCUT2D eigenvalue weighted by atomic mass is 9.97. The van der Waals surface area contributed by atoms with Gasteiger partial charge in [-0.15, -0.1) is 10.2 Å². The SMILES string of the molecule is COc1ccccc1-c1nnc(C2CCCN(C(=O)c3ccc(F)cc3)C2)o1. The topological polar surface area (TPSA) is 68.5 Å². The first kappa shape index (κ1) is 18.2. The monoisotopic (exact) mass is 381 g/mol. The maximum atomic E-state index is 13.1. The van der Waals surface area contributed by atoms with Crippen LogP contribution in [0.4, 0.5) is 4.39 Å². The number of ether oxygens (including phenoxy) is 1. The first-order valence-electron chi connectivity index (χ1n) is 9.17. The third kappa shape index (κ3) is 3.60. The fourth-order valence-corrected chi connectivity index (χ4v) is 3.47. The van der Waals surface area contributed by atoms with Crippen LogP contribution in [-0.2, 0) is 0 Å². The van der Waals surface area contributed by atoms with Gasteiger partial charge in [0.25, 0.3) is 11.8 Å². The van der Waals surface area contributed by atoms with Gasteiger partial charge in [-0.25, -0.2) is 4.39 Å². The second-order valence-electron chi connectivity index (χ2n) is 6.74. The number of benzene rings is 2. The number of rotatable bonds is 4. The summed E-state index contributed by atoms with van der Waals surface area (Å²) in [7, 11) is 1.59. The number of methoxy groups -OCH3 is 1. The Balaban J connectivity index is 1.51. The summed E-state index contributed by atoms with van der Waals surface area (Å²) in [6, 6.07) is 13.1. The van der Waals surface area contributed by atoms with Crippen molar-refractivity contribution in [1.82, 2.24) is 15.1 Å². The van der Waals surface area contributed by atoms with Crippen molar-refractivity contribution in [3.05, 3.63) is 65.8 Å². The number of hydrogen-bond acceptors (Lipinski definition) is 5. The minimum atomic E-state index is -0.359. The van der Waals surface area contributed by atoms with E-state index in [1.807, 2.05) is 24.3 Å². The second kappa shape index (κ2) is 7.80. The van der Waals surface area contributed by atoms with Crippen LogP contribution in [0.2, 0.25) is 0 Å². The molecule has 28 heavy (non-hydrogen) atoms. The normalized spacial score (nSPS) is 16.8. The first-order valence-corrected chi connectivity index (χ1v) is 9.17. The lowest BCUT2D eigenvalue weighted by Gasteiger charge is -2.31. The fraction of sp³-hybridized carbons (Fsp3) is 0.286. The molecule has 1 atom stereocenters. The van der Waals surface area contributed by atoms with Gasteiger partial charge in [0, 0.05) is 18.7 Å². The Kier molecular flexibility index (Phi) is 5.06. The third-order valence-electron chi connectivity index (χ3n) is 4.93. The van der Waals surface area contributed by atoms with E-state index in [-0.39, 0.29) is 17.6 Å². The van der Waals surface area contributed by atoms with Crippen molar-refractivity contribution in [1.29, 1.82) is 0 Å². The van der Waals surface area contributed by atoms with E-state index in [0.717, 1.165) is 18.4 Å². The van der Waals surface area contributed by atoms with Crippen LogP contribution in [0.3, 0.4) is 0 Å². The number of nitrogens with zero attached hydrogens (tertiary/aromatic N) is 3. The van der Waals surface area contributed by atoms with Crippen LogP contribution in [0, 0.1) is 5.82 Å². The van der Waals surface area contributed by atoms with E-state index >= 15 is 0 Å². The van der Waals surface area contributed by atoms with Crippen LogP contribution >= 0.6 is 0 Å². The quantitative estimate of drug-likeness (QED) is 0.686. The highest BCUT2D eigenvalue weighted by Gasteiger charge is 2.29. The summed E-state index contributed by atoms with van der Waals surface area (Å²) in [4.78, 5) is 14.5. The van der Waals surface area contributed by atoms with E-state index in [2.05, 4.69) is 10.2 Å². The predicted molar refractivity (Wildman–Crippen MR) is 101 cm³/mol. The van der Waals surface area contributed by atoms with Gasteiger partial charge in [0.05, 0.1) is 18.6 Å². The highest BCUT2D eigenvalue weighted by molar-refractivity contribution is 5.94. The molecule has 1 saturated heterocycles. The van der Waals surface area contributed by atoms with E-state index in [0.29, 0.717) is 36.2 Å². The second-order valence-corrected chi connectivity index (χ2v) is 6.74. The van der Waals surface area contributed by atoms with Gasteiger partial charge in [-0.3, -0.25) is 4.79 Å². The molecule has 1 unspecified atom stereocenters. The Morgan fingerprint density at radius 2 is 1.96 bits per heavy atom. The molecule has 0 N–H and O–H groups in total. The molecule has 1 amide bonds. The van der Waals surface area contributed by atoms with Gasteiger partial charge in [0.2, 0.25) is 5.89 Å². The van der Waals surface area contributed by atoms with E-state index in [1.165, 1.54) is 24.3 Å². The zero-order valence-corrected chi connectivity index (χ0v) is 15.5. The van der Waals surface area contributed by atoms with Gasteiger partial charge in [0.15, 0.2) is 0 Å². The number of halogens is 1. The molecule has 2 heterocycles. The van der Waals surface area contributed by atoms with Crippen molar-refractivity contribution >= 4 is 5.91 Å². The average molecular weight is 381 g/mol. The molecule has 1 aliphatic rings. The predicted octanol–water partition coefficient (Wildman–Crippen LogP) is 3.90. The number of hydrogen-bond donors (Lipinski definition) is 0. The molecule has 144 valence electrons. The van der Waals surface area contributed by atoms with Crippen molar-refractivity contribution in [2.24, 2.45) is 0 Å². The Hall–Kier alpha value is -3.22. The summed E-state index contributed by atoms with van der Waals surface area (Å²) in [5, 5.41) is 8.38. The van der Waals surface area contributed by atoms with Crippen LogP contribution in [0.15, 0.2) is 52.9 Å². The number of para-hydroxylation sites is 1. The van der Waals surface area contributed by atoms with Gasteiger partial charge < -0.3 is 14.1 Å². The molecular formula is C21H20FN3O3. The zero-order valence-electron chi connectivity index (χ0n) is 15.5. The maximum absolute atomic E-state index is 13.1. The molecule has 3 aromatic rings.